The molecule has 0 saturated carbocycles. The van der Waals surface area contributed by atoms with E-state index in [9.17, 15) is 4.79 Å². The molecule has 0 N–H and O–H groups in total. The molecule has 0 aromatic carbocycles. The van der Waals surface area contributed by atoms with Crippen LogP contribution in [0.5, 0.6) is 0 Å². The van der Waals surface area contributed by atoms with Gasteiger partial charge in [0, 0.05) is 6.20 Å². The summed E-state index contributed by atoms with van der Waals surface area (Å²) < 4.78 is 5.37. The first-order chi connectivity index (χ1) is 7.19. The molecule has 0 spiro atoms. The number of pyridine rings is 1. The van der Waals surface area contributed by atoms with Crippen molar-refractivity contribution in [1.82, 2.24) is 4.98 Å². The average molecular weight is 269 g/mol. The smallest absolute Gasteiger partial charge is 0.310 e. The Morgan fingerprint density at radius 2 is 2.47 bits per heavy atom. The summed E-state index contributed by atoms with van der Waals surface area (Å²) in [6, 6.07) is 3.61. The Kier molecular flexibility index (Phi) is 4.25. The van der Waals surface area contributed by atoms with E-state index in [-0.39, 0.29) is 18.1 Å². The van der Waals surface area contributed by atoms with Crippen molar-refractivity contribution >= 4 is 21.9 Å². The fourth-order valence-electron chi connectivity index (χ4n) is 1.07. The Bertz CT molecular complexity index is 412. The van der Waals surface area contributed by atoms with Gasteiger partial charge in [-0.05, 0) is 34.5 Å². The molecular formula is C10H9BrN2O2. The third-order valence-corrected chi connectivity index (χ3v) is 2.60. The second kappa shape index (κ2) is 5.47. The van der Waals surface area contributed by atoms with E-state index in [1.807, 2.05) is 6.07 Å². The Morgan fingerprint density at radius 1 is 1.73 bits per heavy atom. The molecule has 0 radical (unpaired) electrons. The Morgan fingerprint density at radius 3 is 3.07 bits per heavy atom. The van der Waals surface area contributed by atoms with Crippen LogP contribution >= 0.6 is 15.9 Å². The SMILES string of the molecule is CCOC(=O)Cc1ccnc(C#N)c1Br. The van der Waals surface area contributed by atoms with Crippen LogP contribution in [0, 0.1) is 11.3 Å². The maximum absolute atomic E-state index is 11.2. The summed E-state index contributed by atoms with van der Waals surface area (Å²) in [5.41, 5.74) is 0.983. The number of carbonyl (C=O) groups is 1. The normalized spacial score (nSPS) is 9.40. The van der Waals surface area contributed by atoms with Crippen LogP contribution in [0.1, 0.15) is 18.2 Å². The van der Waals surface area contributed by atoms with Gasteiger partial charge in [0.25, 0.3) is 0 Å². The first-order valence-electron chi connectivity index (χ1n) is 4.38. The molecule has 0 amide bonds. The van der Waals surface area contributed by atoms with Crippen molar-refractivity contribution < 1.29 is 9.53 Å². The van der Waals surface area contributed by atoms with Crippen molar-refractivity contribution in [2.24, 2.45) is 0 Å². The maximum Gasteiger partial charge on any atom is 0.310 e. The van der Waals surface area contributed by atoms with E-state index in [2.05, 4.69) is 20.9 Å². The number of rotatable bonds is 3. The van der Waals surface area contributed by atoms with Crippen molar-refractivity contribution in [3.8, 4) is 6.07 Å². The van der Waals surface area contributed by atoms with E-state index in [1.54, 1.807) is 13.0 Å². The van der Waals surface area contributed by atoms with Crippen molar-refractivity contribution in [2.45, 2.75) is 13.3 Å². The summed E-state index contributed by atoms with van der Waals surface area (Å²) in [4.78, 5) is 15.1. The van der Waals surface area contributed by atoms with Gasteiger partial charge in [0.1, 0.15) is 6.07 Å². The van der Waals surface area contributed by atoms with Gasteiger partial charge in [0.15, 0.2) is 5.69 Å². The second-order valence-electron chi connectivity index (χ2n) is 2.73. The average Bonchev–Trinajstić information content (AvgIpc) is 2.21. The van der Waals surface area contributed by atoms with Crippen LogP contribution in [0.4, 0.5) is 0 Å². The lowest BCUT2D eigenvalue weighted by molar-refractivity contribution is -0.142. The highest BCUT2D eigenvalue weighted by atomic mass is 79.9. The highest BCUT2D eigenvalue weighted by Crippen LogP contribution is 2.19. The molecule has 0 unspecified atom stereocenters. The zero-order valence-corrected chi connectivity index (χ0v) is 9.74. The molecule has 1 heterocycles. The van der Waals surface area contributed by atoms with Gasteiger partial charge in [-0.25, -0.2) is 4.98 Å². The number of nitrogens with zero attached hydrogens (tertiary/aromatic N) is 2. The quantitative estimate of drug-likeness (QED) is 0.785. The zero-order valence-electron chi connectivity index (χ0n) is 8.16. The molecule has 0 fully saturated rings. The summed E-state index contributed by atoms with van der Waals surface area (Å²) in [5.74, 6) is -0.312. The van der Waals surface area contributed by atoms with E-state index in [0.29, 0.717) is 16.6 Å². The van der Waals surface area contributed by atoms with E-state index in [4.69, 9.17) is 10.00 Å². The molecule has 0 bridgehead atoms. The highest BCUT2D eigenvalue weighted by Gasteiger charge is 2.10. The fourth-order valence-corrected chi connectivity index (χ4v) is 1.53. The summed E-state index contributed by atoms with van der Waals surface area (Å²) >= 11 is 3.23. The molecule has 0 aliphatic carbocycles. The van der Waals surface area contributed by atoms with E-state index in [0.717, 1.165) is 0 Å². The van der Waals surface area contributed by atoms with Gasteiger partial charge in [0.2, 0.25) is 0 Å². The predicted molar refractivity (Wildman–Crippen MR) is 57.0 cm³/mol. The summed E-state index contributed by atoms with van der Waals surface area (Å²) in [7, 11) is 0. The number of ether oxygens (including phenoxy) is 1. The largest absolute Gasteiger partial charge is 0.466 e. The lowest BCUT2D eigenvalue weighted by Gasteiger charge is -2.04. The van der Waals surface area contributed by atoms with Crippen molar-refractivity contribution in [2.75, 3.05) is 6.61 Å². The molecule has 0 saturated heterocycles. The minimum Gasteiger partial charge on any atom is -0.466 e. The number of hydrogen-bond acceptors (Lipinski definition) is 4. The fraction of sp³-hybridized carbons (Fsp3) is 0.300. The van der Waals surface area contributed by atoms with Crippen LogP contribution in [0.25, 0.3) is 0 Å². The van der Waals surface area contributed by atoms with E-state index < -0.39 is 0 Å². The summed E-state index contributed by atoms with van der Waals surface area (Å²) in [6.45, 7) is 2.10. The molecule has 1 aromatic rings. The van der Waals surface area contributed by atoms with Crippen LogP contribution < -0.4 is 0 Å². The number of esters is 1. The van der Waals surface area contributed by atoms with Gasteiger partial charge in [-0.1, -0.05) is 0 Å². The van der Waals surface area contributed by atoms with Crippen molar-refractivity contribution in [3.63, 3.8) is 0 Å². The van der Waals surface area contributed by atoms with Crippen molar-refractivity contribution in [3.05, 3.63) is 28.0 Å². The van der Waals surface area contributed by atoms with Crippen LogP contribution in [0.15, 0.2) is 16.7 Å². The lowest BCUT2D eigenvalue weighted by Crippen LogP contribution is -2.08. The first kappa shape index (κ1) is 11.7. The van der Waals surface area contributed by atoms with Gasteiger partial charge in [0.05, 0.1) is 17.5 Å². The van der Waals surface area contributed by atoms with Crippen LogP contribution in [-0.2, 0) is 16.0 Å². The lowest BCUT2D eigenvalue weighted by atomic mass is 10.2. The van der Waals surface area contributed by atoms with Crippen LogP contribution in [0.3, 0.4) is 0 Å². The van der Waals surface area contributed by atoms with E-state index >= 15 is 0 Å². The molecule has 78 valence electrons. The molecule has 0 aliphatic heterocycles. The molecule has 0 aliphatic rings. The Hall–Kier alpha value is -1.41. The van der Waals surface area contributed by atoms with Gasteiger partial charge >= 0.3 is 5.97 Å². The first-order valence-corrected chi connectivity index (χ1v) is 5.17. The third kappa shape index (κ3) is 3.03. The number of halogens is 1. The summed E-state index contributed by atoms with van der Waals surface area (Å²) in [5, 5.41) is 8.72. The topological polar surface area (TPSA) is 63.0 Å². The van der Waals surface area contributed by atoms with Crippen LogP contribution in [-0.4, -0.2) is 17.6 Å². The van der Waals surface area contributed by atoms with E-state index in [1.165, 1.54) is 6.20 Å². The molecule has 0 atom stereocenters. The number of aromatic nitrogens is 1. The molecular weight excluding hydrogens is 260 g/mol. The molecule has 15 heavy (non-hydrogen) atoms. The molecule has 1 aromatic heterocycles. The minimum atomic E-state index is -0.312. The molecule has 4 nitrogen and oxygen atoms in total. The van der Waals surface area contributed by atoms with Gasteiger partial charge in [-0.3, -0.25) is 4.79 Å². The summed E-state index contributed by atoms with van der Waals surface area (Å²) in [6.07, 6.45) is 1.64. The monoisotopic (exact) mass is 268 g/mol. The van der Waals surface area contributed by atoms with Crippen LogP contribution in [0.2, 0.25) is 0 Å². The minimum absolute atomic E-state index is 0.144. The molecule has 5 heteroatoms. The maximum atomic E-state index is 11.2. The van der Waals surface area contributed by atoms with Gasteiger partial charge in [-0.2, -0.15) is 5.26 Å². The predicted octanol–water partition coefficient (Wildman–Crippen LogP) is 1.82. The molecule has 1 rings (SSSR count). The van der Waals surface area contributed by atoms with Crippen molar-refractivity contribution in [1.29, 1.82) is 5.26 Å². The highest BCUT2D eigenvalue weighted by molar-refractivity contribution is 9.10. The Balaban J connectivity index is 2.87. The third-order valence-electron chi connectivity index (χ3n) is 1.72. The standard InChI is InChI=1S/C10H9BrN2O2/c1-2-15-9(14)5-7-3-4-13-8(6-12)10(7)11/h3-4H,2,5H2,1H3. The Labute approximate surface area is 96.0 Å². The number of hydrogen-bond donors (Lipinski definition) is 0. The number of nitriles is 1. The van der Waals surface area contributed by atoms with Gasteiger partial charge < -0.3 is 4.74 Å². The van der Waals surface area contributed by atoms with Gasteiger partial charge in [-0.15, -0.1) is 0 Å². The second-order valence-corrected chi connectivity index (χ2v) is 3.52. The number of carbonyl (C=O) groups excluding carboxylic acids is 1. The zero-order chi connectivity index (χ0) is 11.3.